The topological polar surface area (TPSA) is 94.6 Å². The lowest BCUT2D eigenvalue weighted by Crippen LogP contribution is -2.41. The highest BCUT2D eigenvalue weighted by Crippen LogP contribution is 2.00. The molecule has 3 N–H and O–H groups in total. The molecule has 2 amide bonds. The minimum Gasteiger partial charge on any atom is -0.477 e. The number of nitrogens with one attached hydrogen (secondary N) is 2. The number of carbonyl (C=O) groups is 2. The number of carbonyl (C=O) groups excluding carboxylic acids is 1. The number of hydrogen-bond donors (Lipinski definition) is 3. The Morgan fingerprint density at radius 1 is 1.38 bits per heavy atom. The lowest BCUT2D eigenvalue weighted by atomic mass is 10.2. The Kier molecular flexibility index (Phi) is 6.61. The Bertz CT molecular complexity index is 474. The average molecular weight is 294 g/mol. The Labute approximate surface area is 124 Å². The van der Waals surface area contributed by atoms with Crippen molar-refractivity contribution in [3.63, 3.8) is 0 Å². The molecule has 1 atom stereocenters. The van der Waals surface area contributed by atoms with Gasteiger partial charge in [0.25, 0.3) is 0 Å². The molecule has 0 aromatic carbocycles. The number of pyridine rings is 1. The van der Waals surface area contributed by atoms with Crippen LogP contribution in [0.2, 0.25) is 0 Å². The van der Waals surface area contributed by atoms with Crippen LogP contribution in [0.1, 0.15) is 29.4 Å². The van der Waals surface area contributed by atoms with Crippen molar-refractivity contribution >= 4 is 12.0 Å². The largest absolute Gasteiger partial charge is 0.477 e. The van der Waals surface area contributed by atoms with Crippen molar-refractivity contribution < 1.29 is 14.7 Å². The zero-order chi connectivity index (χ0) is 15.8. The van der Waals surface area contributed by atoms with Gasteiger partial charge in [-0.1, -0.05) is 6.07 Å². The third kappa shape index (κ3) is 6.71. The van der Waals surface area contributed by atoms with Crippen LogP contribution in [0.5, 0.6) is 0 Å². The molecular weight excluding hydrogens is 272 g/mol. The van der Waals surface area contributed by atoms with Crippen molar-refractivity contribution in [3.8, 4) is 0 Å². The van der Waals surface area contributed by atoms with Crippen molar-refractivity contribution in [2.75, 3.05) is 20.6 Å². The molecule has 0 aliphatic rings. The monoisotopic (exact) mass is 294 g/mol. The minimum absolute atomic E-state index is 0.0134. The smallest absolute Gasteiger partial charge is 0.354 e. The van der Waals surface area contributed by atoms with Gasteiger partial charge in [-0.2, -0.15) is 0 Å². The van der Waals surface area contributed by atoms with E-state index < -0.39 is 5.97 Å². The fourth-order valence-corrected chi connectivity index (χ4v) is 1.64. The summed E-state index contributed by atoms with van der Waals surface area (Å²) in [7, 11) is 3.97. The van der Waals surface area contributed by atoms with Crippen LogP contribution < -0.4 is 10.6 Å². The standard InChI is InChI=1S/C14H22N4O3/c1-10(6-7-18(2)3)17-14(21)16-9-11-4-5-12(13(19)20)15-8-11/h4-5,8,10H,6-7,9H2,1-3H3,(H,19,20)(H2,16,17,21). The molecule has 1 aromatic rings. The van der Waals surface area contributed by atoms with Gasteiger partial charge in [0, 0.05) is 18.8 Å². The van der Waals surface area contributed by atoms with Crippen LogP contribution in [0, 0.1) is 0 Å². The van der Waals surface area contributed by atoms with Crippen LogP contribution in [-0.2, 0) is 6.54 Å². The van der Waals surface area contributed by atoms with E-state index in [4.69, 9.17) is 5.11 Å². The second-order valence-electron chi connectivity index (χ2n) is 5.18. The van der Waals surface area contributed by atoms with E-state index in [2.05, 4.69) is 20.5 Å². The predicted molar refractivity (Wildman–Crippen MR) is 79.2 cm³/mol. The summed E-state index contributed by atoms with van der Waals surface area (Å²) in [6.45, 7) is 3.16. The van der Waals surface area contributed by atoms with E-state index in [9.17, 15) is 9.59 Å². The second-order valence-corrected chi connectivity index (χ2v) is 5.18. The van der Waals surface area contributed by atoms with Gasteiger partial charge in [0.1, 0.15) is 5.69 Å². The summed E-state index contributed by atoms with van der Waals surface area (Å²) in [4.78, 5) is 28.2. The molecule has 7 nitrogen and oxygen atoms in total. The van der Waals surface area contributed by atoms with E-state index in [0.29, 0.717) is 6.54 Å². The van der Waals surface area contributed by atoms with Crippen molar-refractivity contribution in [3.05, 3.63) is 29.6 Å². The van der Waals surface area contributed by atoms with Crippen molar-refractivity contribution in [1.29, 1.82) is 0 Å². The first-order valence-electron chi connectivity index (χ1n) is 6.76. The quantitative estimate of drug-likeness (QED) is 0.695. The maximum atomic E-state index is 11.7. The van der Waals surface area contributed by atoms with Gasteiger partial charge in [0.15, 0.2) is 0 Å². The van der Waals surface area contributed by atoms with Crippen LogP contribution in [0.15, 0.2) is 18.3 Å². The zero-order valence-corrected chi connectivity index (χ0v) is 12.6. The summed E-state index contributed by atoms with van der Waals surface area (Å²) in [5, 5.41) is 14.3. The molecule has 1 heterocycles. The Balaban J connectivity index is 2.34. The van der Waals surface area contributed by atoms with Crippen LogP contribution in [0.4, 0.5) is 4.79 Å². The highest BCUT2D eigenvalue weighted by molar-refractivity contribution is 5.85. The van der Waals surface area contributed by atoms with Crippen LogP contribution in [-0.4, -0.2) is 53.7 Å². The molecule has 0 fully saturated rings. The number of rotatable bonds is 7. The summed E-state index contributed by atoms with van der Waals surface area (Å²) >= 11 is 0. The van der Waals surface area contributed by atoms with Crippen molar-refractivity contribution in [2.24, 2.45) is 0 Å². The van der Waals surface area contributed by atoms with Gasteiger partial charge in [-0.25, -0.2) is 14.6 Å². The molecule has 0 aliphatic carbocycles. The minimum atomic E-state index is -1.07. The Morgan fingerprint density at radius 2 is 2.10 bits per heavy atom. The van der Waals surface area contributed by atoms with Gasteiger partial charge in [-0.05, 0) is 45.6 Å². The average Bonchev–Trinajstić information content (AvgIpc) is 2.43. The van der Waals surface area contributed by atoms with E-state index in [-0.39, 0.29) is 17.8 Å². The number of hydrogen-bond acceptors (Lipinski definition) is 4. The van der Waals surface area contributed by atoms with Gasteiger partial charge in [0.2, 0.25) is 0 Å². The number of nitrogens with zero attached hydrogens (tertiary/aromatic N) is 2. The number of amides is 2. The fourth-order valence-electron chi connectivity index (χ4n) is 1.64. The normalized spacial score (nSPS) is 12.0. The molecule has 0 bridgehead atoms. The lowest BCUT2D eigenvalue weighted by Gasteiger charge is -2.17. The molecule has 1 aromatic heterocycles. The van der Waals surface area contributed by atoms with E-state index >= 15 is 0 Å². The predicted octanol–water partition coefficient (Wildman–Crippen LogP) is 0.919. The van der Waals surface area contributed by atoms with Gasteiger partial charge >= 0.3 is 12.0 Å². The first kappa shape index (κ1) is 16.9. The summed E-state index contributed by atoms with van der Waals surface area (Å²) < 4.78 is 0. The summed E-state index contributed by atoms with van der Waals surface area (Å²) in [6.07, 6.45) is 2.31. The maximum absolute atomic E-state index is 11.7. The molecule has 1 rings (SSSR count). The van der Waals surface area contributed by atoms with Crippen LogP contribution >= 0.6 is 0 Å². The third-order valence-corrected chi connectivity index (χ3v) is 2.88. The molecule has 116 valence electrons. The number of carboxylic acids is 1. The van der Waals surface area contributed by atoms with Gasteiger partial charge in [-0.15, -0.1) is 0 Å². The summed E-state index contributed by atoms with van der Waals surface area (Å²) in [5.74, 6) is -1.07. The van der Waals surface area contributed by atoms with E-state index in [1.165, 1.54) is 12.3 Å². The number of aromatic nitrogens is 1. The highest BCUT2D eigenvalue weighted by atomic mass is 16.4. The summed E-state index contributed by atoms with van der Waals surface area (Å²) in [6, 6.07) is 2.88. The molecule has 0 radical (unpaired) electrons. The van der Waals surface area contributed by atoms with Crippen molar-refractivity contribution in [1.82, 2.24) is 20.5 Å². The zero-order valence-electron chi connectivity index (χ0n) is 12.6. The van der Waals surface area contributed by atoms with Crippen LogP contribution in [0.25, 0.3) is 0 Å². The van der Waals surface area contributed by atoms with Crippen LogP contribution in [0.3, 0.4) is 0 Å². The molecule has 0 saturated carbocycles. The molecule has 0 saturated heterocycles. The maximum Gasteiger partial charge on any atom is 0.354 e. The molecule has 0 spiro atoms. The Hall–Kier alpha value is -2.15. The SMILES string of the molecule is CC(CCN(C)C)NC(=O)NCc1ccc(C(=O)O)nc1. The molecule has 21 heavy (non-hydrogen) atoms. The number of carboxylic acid groups (broad SMARTS) is 1. The molecular formula is C14H22N4O3. The molecule has 0 aliphatic heterocycles. The van der Waals surface area contributed by atoms with E-state index in [1.54, 1.807) is 6.07 Å². The lowest BCUT2D eigenvalue weighted by molar-refractivity contribution is 0.0690. The Morgan fingerprint density at radius 3 is 2.62 bits per heavy atom. The number of urea groups is 1. The van der Waals surface area contributed by atoms with E-state index in [0.717, 1.165) is 18.5 Å². The molecule has 7 heteroatoms. The highest BCUT2D eigenvalue weighted by Gasteiger charge is 2.08. The van der Waals surface area contributed by atoms with Gasteiger partial charge in [0.05, 0.1) is 0 Å². The fraction of sp³-hybridized carbons (Fsp3) is 0.500. The first-order chi connectivity index (χ1) is 9.88. The molecule has 1 unspecified atom stereocenters. The van der Waals surface area contributed by atoms with E-state index in [1.807, 2.05) is 21.0 Å². The van der Waals surface area contributed by atoms with Crippen molar-refractivity contribution in [2.45, 2.75) is 25.9 Å². The summed E-state index contributed by atoms with van der Waals surface area (Å²) in [5.41, 5.74) is 0.733. The second kappa shape index (κ2) is 8.21. The third-order valence-electron chi connectivity index (χ3n) is 2.88. The van der Waals surface area contributed by atoms with Gasteiger partial charge in [-0.3, -0.25) is 0 Å². The van der Waals surface area contributed by atoms with Gasteiger partial charge < -0.3 is 20.6 Å². The number of aromatic carboxylic acids is 1. The first-order valence-corrected chi connectivity index (χ1v) is 6.76.